The largest absolute Gasteiger partial charge is 0.320 e. The molecule has 30 heavy (non-hydrogen) atoms. The van der Waals surface area contributed by atoms with Gasteiger partial charge in [-0.1, -0.05) is 12.1 Å². The highest BCUT2D eigenvalue weighted by Gasteiger charge is 2.49. The van der Waals surface area contributed by atoms with Crippen LogP contribution in [0.2, 0.25) is 0 Å². The molecule has 1 aliphatic heterocycles. The normalized spacial score (nSPS) is 22.7. The van der Waals surface area contributed by atoms with Gasteiger partial charge in [-0.3, -0.25) is 9.59 Å². The van der Waals surface area contributed by atoms with Crippen LogP contribution >= 0.6 is 11.6 Å². The Balaban J connectivity index is 1.55. The van der Waals surface area contributed by atoms with Gasteiger partial charge in [-0.2, -0.15) is 0 Å². The van der Waals surface area contributed by atoms with Crippen LogP contribution in [-0.4, -0.2) is 32.3 Å². The zero-order chi connectivity index (χ0) is 21.0. The molecule has 0 saturated heterocycles. The molecule has 2 aromatic carbocycles. The Labute approximate surface area is 177 Å². The zero-order valence-electron chi connectivity index (χ0n) is 16.2. The van der Waals surface area contributed by atoms with Gasteiger partial charge in [0, 0.05) is 34.8 Å². The van der Waals surface area contributed by atoms with Crippen molar-refractivity contribution < 1.29 is 14.0 Å². The second-order valence-electron chi connectivity index (χ2n) is 7.94. The Morgan fingerprint density at radius 3 is 2.73 bits per heavy atom. The van der Waals surface area contributed by atoms with E-state index in [2.05, 4.69) is 10.2 Å². The Morgan fingerprint density at radius 2 is 2.07 bits per heavy atom. The number of alkyl halides is 1. The second kappa shape index (κ2) is 6.74. The van der Waals surface area contributed by atoms with Crippen molar-refractivity contribution in [2.45, 2.75) is 30.2 Å². The molecular formula is C22H18ClFN4O2. The fourth-order valence-corrected chi connectivity index (χ4v) is 5.12. The predicted octanol–water partition coefficient (Wildman–Crippen LogP) is 3.61. The number of aromatic nitrogens is 3. The molecule has 1 aliphatic carbocycles. The second-order valence-corrected chi connectivity index (χ2v) is 8.56. The molecule has 0 bridgehead atoms. The first-order valence-corrected chi connectivity index (χ1v) is 10.0. The van der Waals surface area contributed by atoms with Crippen LogP contribution in [0.15, 0.2) is 42.7 Å². The van der Waals surface area contributed by atoms with Crippen LogP contribution < -0.4 is 4.90 Å². The van der Waals surface area contributed by atoms with Gasteiger partial charge in [-0.15, -0.1) is 21.8 Å². The zero-order valence-corrected chi connectivity index (χ0v) is 16.9. The van der Waals surface area contributed by atoms with Crippen LogP contribution in [0, 0.1) is 5.82 Å². The Morgan fingerprint density at radius 1 is 1.27 bits per heavy atom. The van der Waals surface area contributed by atoms with Crippen LogP contribution in [0.25, 0.3) is 0 Å². The van der Waals surface area contributed by atoms with Crippen molar-refractivity contribution in [2.75, 3.05) is 4.90 Å². The van der Waals surface area contributed by atoms with E-state index in [4.69, 9.17) is 11.6 Å². The van der Waals surface area contributed by atoms with Gasteiger partial charge in [0.05, 0.1) is 12.0 Å². The van der Waals surface area contributed by atoms with E-state index in [1.807, 2.05) is 35.9 Å². The van der Waals surface area contributed by atoms with E-state index in [0.29, 0.717) is 17.5 Å². The van der Waals surface area contributed by atoms with Crippen molar-refractivity contribution >= 4 is 29.5 Å². The van der Waals surface area contributed by atoms with Crippen LogP contribution in [0.5, 0.6) is 0 Å². The molecule has 2 aliphatic rings. The third kappa shape index (κ3) is 2.69. The standard InChI is InChI=1S/C22H18ClFN4O2/c1-27-12-25-26-21(27)22(8-15(23)9-22)14-3-2-4-16(7-14)28-10-18-17(20(28)30)5-13(11-29)6-19(18)24/h2-7,11-12,15H,8-10H2,1H3. The average molecular weight is 425 g/mol. The number of anilines is 1. The summed E-state index contributed by atoms with van der Waals surface area (Å²) in [5.41, 5.74) is 1.97. The fourth-order valence-electron chi connectivity index (χ4n) is 4.59. The minimum absolute atomic E-state index is 0.0406. The fraction of sp³-hybridized carbons (Fsp3) is 0.273. The van der Waals surface area contributed by atoms with E-state index in [0.717, 1.165) is 30.3 Å². The molecule has 0 unspecified atom stereocenters. The van der Waals surface area contributed by atoms with E-state index in [9.17, 15) is 14.0 Å². The van der Waals surface area contributed by atoms with Crippen molar-refractivity contribution in [1.82, 2.24) is 14.8 Å². The van der Waals surface area contributed by atoms with Gasteiger partial charge in [-0.05, 0) is 42.7 Å². The number of halogens is 2. The SMILES string of the molecule is Cn1cnnc1C1(c2cccc(N3Cc4c(F)cc(C=O)cc4C3=O)c2)CC(Cl)C1. The number of rotatable bonds is 4. The lowest BCUT2D eigenvalue weighted by Crippen LogP contribution is -2.45. The van der Waals surface area contributed by atoms with E-state index in [1.165, 1.54) is 11.0 Å². The predicted molar refractivity (Wildman–Crippen MR) is 109 cm³/mol. The number of amides is 1. The molecule has 3 aromatic rings. The van der Waals surface area contributed by atoms with Crippen molar-refractivity contribution in [3.63, 3.8) is 0 Å². The number of hydrogen-bond donors (Lipinski definition) is 0. The molecule has 0 atom stereocenters. The molecule has 1 saturated carbocycles. The van der Waals surface area contributed by atoms with Gasteiger partial charge in [0.2, 0.25) is 0 Å². The van der Waals surface area contributed by atoms with Crippen LogP contribution in [0.1, 0.15) is 50.5 Å². The Bertz CT molecular complexity index is 1190. The van der Waals surface area contributed by atoms with Gasteiger partial charge in [-0.25, -0.2) is 4.39 Å². The molecule has 5 rings (SSSR count). The molecule has 1 fully saturated rings. The van der Waals surface area contributed by atoms with Gasteiger partial charge in [0.1, 0.15) is 24.3 Å². The number of aldehydes is 1. The summed E-state index contributed by atoms with van der Waals surface area (Å²) in [6.45, 7) is 0.123. The maximum Gasteiger partial charge on any atom is 0.259 e. The average Bonchev–Trinajstić information content (AvgIpc) is 3.29. The number of carbonyl (C=O) groups is 2. The number of fused-ring (bicyclic) bond motifs is 1. The van der Waals surface area contributed by atoms with Gasteiger partial charge in [0.15, 0.2) is 0 Å². The molecule has 8 heteroatoms. The van der Waals surface area contributed by atoms with Gasteiger partial charge in [0.25, 0.3) is 5.91 Å². The maximum atomic E-state index is 14.4. The molecular weight excluding hydrogens is 407 g/mol. The third-order valence-electron chi connectivity index (χ3n) is 6.14. The van der Waals surface area contributed by atoms with Gasteiger partial charge >= 0.3 is 0 Å². The summed E-state index contributed by atoms with van der Waals surface area (Å²) in [6, 6.07) is 10.3. The first-order valence-electron chi connectivity index (χ1n) is 9.61. The van der Waals surface area contributed by atoms with E-state index < -0.39 is 5.82 Å². The van der Waals surface area contributed by atoms with Crippen molar-refractivity contribution in [3.05, 3.63) is 76.6 Å². The topological polar surface area (TPSA) is 68.1 Å². The first-order chi connectivity index (χ1) is 14.4. The van der Waals surface area contributed by atoms with Crippen molar-refractivity contribution in [1.29, 1.82) is 0 Å². The van der Waals surface area contributed by atoms with E-state index >= 15 is 0 Å². The molecule has 2 heterocycles. The summed E-state index contributed by atoms with van der Waals surface area (Å²) in [5.74, 6) is -0.0309. The molecule has 1 aromatic heterocycles. The Hall–Kier alpha value is -3.06. The summed E-state index contributed by atoms with van der Waals surface area (Å²) in [4.78, 5) is 25.6. The minimum Gasteiger partial charge on any atom is -0.320 e. The molecule has 1 amide bonds. The Kier molecular flexibility index (Phi) is 4.25. The van der Waals surface area contributed by atoms with Gasteiger partial charge < -0.3 is 9.47 Å². The molecule has 0 N–H and O–H groups in total. The lowest BCUT2D eigenvalue weighted by molar-refractivity contribution is 0.0996. The lowest BCUT2D eigenvalue weighted by Gasteiger charge is -2.44. The number of benzene rings is 2. The van der Waals surface area contributed by atoms with E-state index in [1.54, 1.807) is 6.33 Å². The van der Waals surface area contributed by atoms with Crippen molar-refractivity contribution in [3.8, 4) is 0 Å². The van der Waals surface area contributed by atoms with Crippen LogP contribution in [0.4, 0.5) is 10.1 Å². The summed E-state index contributed by atoms with van der Waals surface area (Å²) in [6.07, 6.45) is 3.65. The highest BCUT2D eigenvalue weighted by molar-refractivity contribution is 6.21. The lowest BCUT2D eigenvalue weighted by atomic mass is 9.63. The maximum absolute atomic E-state index is 14.4. The quantitative estimate of drug-likeness (QED) is 0.474. The summed E-state index contributed by atoms with van der Waals surface area (Å²) in [7, 11) is 1.90. The molecule has 0 spiro atoms. The smallest absolute Gasteiger partial charge is 0.259 e. The van der Waals surface area contributed by atoms with E-state index in [-0.39, 0.29) is 34.4 Å². The number of nitrogens with zero attached hydrogens (tertiary/aromatic N) is 4. The monoisotopic (exact) mass is 424 g/mol. The molecule has 0 radical (unpaired) electrons. The number of aryl methyl sites for hydroxylation is 1. The summed E-state index contributed by atoms with van der Waals surface area (Å²) in [5, 5.41) is 8.38. The van der Waals surface area contributed by atoms with Crippen LogP contribution in [0.3, 0.4) is 0 Å². The highest BCUT2D eigenvalue weighted by atomic mass is 35.5. The van der Waals surface area contributed by atoms with Crippen LogP contribution in [-0.2, 0) is 19.0 Å². The molecule has 6 nitrogen and oxygen atoms in total. The molecule has 152 valence electrons. The first kappa shape index (κ1) is 18.9. The number of carbonyl (C=O) groups excluding carboxylic acids is 2. The minimum atomic E-state index is -0.541. The summed E-state index contributed by atoms with van der Waals surface area (Å²) < 4.78 is 16.3. The number of hydrogen-bond acceptors (Lipinski definition) is 4. The third-order valence-corrected chi connectivity index (χ3v) is 6.44. The van der Waals surface area contributed by atoms with Crippen molar-refractivity contribution in [2.24, 2.45) is 7.05 Å². The highest BCUT2D eigenvalue weighted by Crippen LogP contribution is 2.51. The summed E-state index contributed by atoms with van der Waals surface area (Å²) >= 11 is 6.36.